The van der Waals surface area contributed by atoms with Crippen molar-refractivity contribution in [2.24, 2.45) is 0 Å². The number of pyridine rings is 1. The quantitative estimate of drug-likeness (QED) is 0.610. The second-order valence-electron chi connectivity index (χ2n) is 6.59. The molecule has 1 aromatic heterocycles. The van der Waals surface area contributed by atoms with Crippen molar-refractivity contribution in [3.8, 4) is 0 Å². The van der Waals surface area contributed by atoms with E-state index in [0.29, 0.717) is 13.1 Å². The van der Waals surface area contributed by atoms with E-state index < -0.39 is 6.10 Å². The lowest BCUT2D eigenvalue weighted by molar-refractivity contribution is 0.00625. The number of aromatic nitrogens is 1. The van der Waals surface area contributed by atoms with Gasteiger partial charge in [-0.3, -0.25) is 4.98 Å². The number of benzene rings is 2. The molecule has 0 aliphatic carbocycles. The lowest BCUT2D eigenvalue weighted by Crippen LogP contribution is -2.31. The number of ether oxygens (including phenoxy) is 1. The third-order valence-corrected chi connectivity index (χ3v) is 4.44. The van der Waals surface area contributed by atoms with Gasteiger partial charge in [-0.1, -0.05) is 60.7 Å². The molecular weight excluding hydrogens is 336 g/mol. The van der Waals surface area contributed by atoms with Crippen LogP contribution >= 0.6 is 0 Å². The van der Waals surface area contributed by atoms with E-state index in [-0.39, 0.29) is 12.7 Å². The van der Waals surface area contributed by atoms with Gasteiger partial charge in [-0.25, -0.2) is 0 Å². The summed E-state index contributed by atoms with van der Waals surface area (Å²) in [5.41, 5.74) is 4.33. The Morgan fingerprint density at radius 3 is 2.44 bits per heavy atom. The summed E-state index contributed by atoms with van der Waals surface area (Å²) >= 11 is 0. The fraction of sp³-hybridized carbons (Fsp3) is 0.261. The van der Waals surface area contributed by atoms with Gasteiger partial charge in [-0.15, -0.1) is 0 Å². The van der Waals surface area contributed by atoms with Crippen LogP contribution in [0, 0.1) is 6.92 Å². The molecule has 0 unspecified atom stereocenters. The molecule has 4 nitrogen and oxygen atoms in total. The smallest absolute Gasteiger partial charge is 0.108 e. The van der Waals surface area contributed by atoms with Crippen molar-refractivity contribution in [1.82, 2.24) is 10.3 Å². The molecular formula is C23H26N2O2. The zero-order chi connectivity index (χ0) is 18.9. The maximum absolute atomic E-state index is 10.3. The van der Waals surface area contributed by atoms with Crippen LogP contribution in [-0.4, -0.2) is 29.3 Å². The van der Waals surface area contributed by atoms with Gasteiger partial charge >= 0.3 is 0 Å². The summed E-state index contributed by atoms with van der Waals surface area (Å²) in [7, 11) is 0. The number of aliphatic hydroxyl groups excluding tert-OH is 1. The molecule has 2 atom stereocenters. The number of aliphatic hydroxyl groups is 1. The maximum Gasteiger partial charge on any atom is 0.108 e. The minimum atomic E-state index is -0.594. The van der Waals surface area contributed by atoms with Crippen LogP contribution in [0.2, 0.25) is 0 Å². The van der Waals surface area contributed by atoms with Crippen molar-refractivity contribution < 1.29 is 9.84 Å². The van der Waals surface area contributed by atoms with Crippen LogP contribution in [0.25, 0.3) is 0 Å². The van der Waals surface area contributed by atoms with Gasteiger partial charge in [-0.2, -0.15) is 0 Å². The number of nitrogens with one attached hydrogen (secondary N) is 1. The van der Waals surface area contributed by atoms with E-state index in [1.807, 2.05) is 48.5 Å². The first-order valence-corrected chi connectivity index (χ1v) is 9.25. The first-order chi connectivity index (χ1) is 13.2. The van der Waals surface area contributed by atoms with Crippen LogP contribution in [0.3, 0.4) is 0 Å². The Morgan fingerprint density at radius 1 is 0.963 bits per heavy atom. The predicted octanol–water partition coefficient (Wildman–Crippen LogP) is 3.65. The monoisotopic (exact) mass is 362 g/mol. The molecule has 0 aliphatic heterocycles. The summed E-state index contributed by atoms with van der Waals surface area (Å²) in [6.07, 6.45) is 0.977. The molecule has 4 heteroatoms. The van der Waals surface area contributed by atoms with Crippen LogP contribution in [0.4, 0.5) is 0 Å². The summed E-state index contributed by atoms with van der Waals surface area (Å²) in [5, 5.41) is 13.6. The van der Waals surface area contributed by atoms with Crippen LogP contribution in [0.1, 0.15) is 28.5 Å². The standard InChI is InChI=1S/C23H26N2O2/c1-18-9-5-6-13-22(18)23(19-10-3-2-4-11-19)27-17-21(26)16-24-15-20-12-7-8-14-25-20/h2-14,21,23-24,26H,15-17H2,1H3/t21-,23+/m1/s1. The summed E-state index contributed by atoms with van der Waals surface area (Å²) < 4.78 is 6.15. The minimum Gasteiger partial charge on any atom is -0.389 e. The minimum absolute atomic E-state index is 0.196. The van der Waals surface area contributed by atoms with Crippen molar-refractivity contribution >= 4 is 0 Å². The highest BCUT2D eigenvalue weighted by molar-refractivity contribution is 5.35. The molecule has 0 saturated carbocycles. The SMILES string of the molecule is Cc1ccccc1[C@@H](OC[C@H](O)CNCc1ccccn1)c1ccccc1. The fourth-order valence-electron chi connectivity index (χ4n) is 3.01. The number of hydrogen-bond donors (Lipinski definition) is 2. The van der Waals surface area contributed by atoms with Crippen molar-refractivity contribution in [3.63, 3.8) is 0 Å². The average molecular weight is 362 g/mol. The van der Waals surface area contributed by atoms with Gasteiger partial charge in [-0.05, 0) is 35.7 Å². The van der Waals surface area contributed by atoms with Crippen molar-refractivity contribution in [1.29, 1.82) is 0 Å². The van der Waals surface area contributed by atoms with Gasteiger partial charge in [0.2, 0.25) is 0 Å². The summed E-state index contributed by atoms with van der Waals surface area (Å²) in [4.78, 5) is 4.26. The zero-order valence-corrected chi connectivity index (χ0v) is 15.6. The van der Waals surface area contributed by atoms with E-state index in [9.17, 15) is 5.11 Å². The fourth-order valence-corrected chi connectivity index (χ4v) is 3.01. The molecule has 0 amide bonds. The highest BCUT2D eigenvalue weighted by Crippen LogP contribution is 2.28. The Hall–Kier alpha value is -2.53. The Labute approximate surface area is 160 Å². The first-order valence-electron chi connectivity index (χ1n) is 9.25. The van der Waals surface area contributed by atoms with Gasteiger partial charge in [0.15, 0.2) is 0 Å². The zero-order valence-electron chi connectivity index (χ0n) is 15.6. The van der Waals surface area contributed by atoms with Gasteiger partial charge in [0.05, 0.1) is 18.4 Å². The molecule has 0 bridgehead atoms. The molecule has 0 fully saturated rings. The number of aryl methyl sites for hydroxylation is 1. The van der Waals surface area contributed by atoms with Crippen molar-refractivity contribution in [3.05, 3.63) is 101 Å². The Kier molecular flexibility index (Phi) is 7.11. The average Bonchev–Trinajstić information content (AvgIpc) is 2.71. The second kappa shape index (κ2) is 9.97. The molecule has 2 N–H and O–H groups in total. The van der Waals surface area contributed by atoms with Crippen LogP contribution in [0.5, 0.6) is 0 Å². The van der Waals surface area contributed by atoms with Crippen LogP contribution < -0.4 is 5.32 Å². The molecule has 0 radical (unpaired) electrons. The van der Waals surface area contributed by atoms with E-state index >= 15 is 0 Å². The Balaban J connectivity index is 1.59. The predicted molar refractivity (Wildman–Crippen MR) is 107 cm³/mol. The summed E-state index contributed by atoms with van der Waals surface area (Å²) in [6.45, 7) is 3.41. The van der Waals surface area contributed by atoms with Crippen LogP contribution in [-0.2, 0) is 11.3 Å². The third-order valence-electron chi connectivity index (χ3n) is 4.44. The first kappa shape index (κ1) is 19.2. The lowest BCUT2D eigenvalue weighted by atomic mass is 9.97. The largest absolute Gasteiger partial charge is 0.389 e. The molecule has 0 saturated heterocycles. The molecule has 3 aromatic rings. The lowest BCUT2D eigenvalue weighted by Gasteiger charge is -2.22. The van der Waals surface area contributed by atoms with Gasteiger partial charge in [0, 0.05) is 19.3 Å². The third kappa shape index (κ3) is 5.73. The molecule has 0 spiro atoms. The molecule has 3 rings (SSSR count). The van der Waals surface area contributed by atoms with E-state index in [0.717, 1.165) is 16.8 Å². The van der Waals surface area contributed by atoms with Gasteiger partial charge in [0.25, 0.3) is 0 Å². The Bertz CT molecular complexity index is 809. The van der Waals surface area contributed by atoms with E-state index in [4.69, 9.17) is 4.74 Å². The summed E-state index contributed by atoms with van der Waals surface area (Å²) in [6, 6.07) is 24.1. The molecule has 140 valence electrons. The second-order valence-corrected chi connectivity index (χ2v) is 6.59. The van der Waals surface area contributed by atoms with E-state index in [1.165, 1.54) is 5.56 Å². The Morgan fingerprint density at radius 2 is 1.70 bits per heavy atom. The van der Waals surface area contributed by atoms with Gasteiger partial charge in [0.1, 0.15) is 6.10 Å². The van der Waals surface area contributed by atoms with E-state index in [2.05, 4.69) is 41.5 Å². The van der Waals surface area contributed by atoms with Gasteiger partial charge < -0.3 is 15.2 Å². The maximum atomic E-state index is 10.3. The normalized spacial score (nSPS) is 13.3. The molecule has 2 aromatic carbocycles. The molecule has 0 aliphatic rings. The number of rotatable bonds is 9. The summed E-state index contributed by atoms with van der Waals surface area (Å²) in [5.74, 6) is 0. The highest BCUT2D eigenvalue weighted by atomic mass is 16.5. The van der Waals surface area contributed by atoms with Crippen molar-refractivity contribution in [2.75, 3.05) is 13.2 Å². The van der Waals surface area contributed by atoms with Crippen LogP contribution in [0.15, 0.2) is 79.0 Å². The van der Waals surface area contributed by atoms with E-state index in [1.54, 1.807) is 6.20 Å². The molecule has 1 heterocycles. The molecule has 27 heavy (non-hydrogen) atoms. The highest BCUT2D eigenvalue weighted by Gasteiger charge is 2.18. The topological polar surface area (TPSA) is 54.4 Å². The number of hydrogen-bond acceptors (Lipinski definition) is 4. The number of nitrogens with zero attached hydrogens (tertiary/aromatic N) is 1. The van der Waals surface area contributed by atoms with Crippen molar-refractivity contribution in [2.45, 2.75) is 25.7 Å².